The summed E-state index contributed by atoms with van der Waals surface area (Å²) in [6.45, 7) is 9.11. The SMILES string of the molecule is CCN(CC)CCCC(C)NC(=O)c1sc2cc(C(F)(F)F)ccc2c1Cl. The van der Waals surface area contributed by atoms with Crippen molar-refractivity contribution in [2.45, 2.75) is 45.8 Å². The molecule has 0 aliphatic heterocycles. The number of hydrogen-bond donors (Lipinski definition) is 1. The van der Waals surface area contributed by atoms with Crippen LogP contribution in [-0.4, -0.2) is 36.5 Å². The van der Waals surface area contributed by atoms with Gasteiger partial charge in [-0.15, -0.1) is 11.3 Å². The van der Waals surface area contributed by atoms with Gasteiger partial charge in [-0.25, -0.2) is 0 Å². The van der Waals surface area contributed by atoms with Crippen LogP contribution in [-0.2, 0) is 6.18 Å². The van der Waals surface area contributed by atoms with E-state index < -0.39 is 11.7 Å². The first-order valence-corrected chi connectivity index (χ1v) is 10.2. The summed E-state index contributed by atoms with van der Waals surface area (Å²) in [5.41, 5.74) is -0.746. The lowest BCUT2D eigenvalue weighted by molar-refractivity contribution is -0.137. The van der Waals surface area contributed by atoms with Crippen molar-refractivity contribution >= 4 is 38.9 Å². The number of thiophene rings is 1. The van der Waals surface area contributed by atoms with Gasteiger partial charge in [-0.3, -0.25) is 4.79 Å². The molecule has 0 saturated carbocycles. The third kappa shape index (κ3) is 5.59. The minimum Gasteiger partial charge on any atom is -0.349 e. The van der Waals surface area contributed by atoms with E-state index in [2.05, 4.69) is 24.1 Å². The molecule has 1 amide bonds. The molecule has 0 bridgehead atoms. The van der Waals surface area contributed by atoms with E-state index in [0.717, 1.165) is 55.9 Å². The van der Waals surface area contributed by atoms with Crippen LogP contribution in [0.1, 0.15) is 48.8 Å². The van der Waals surface area contributed by atoms with Gasteiger partial charge in [0.2, 0.25) is 0 Å². The minimum atomic E-state index is -4.42. The van der Waals surface area contributed by atoms with Gasteiger partial charge in [-0.05, 0) is 51.5 Å². The van der Waals surface area contributed by atoms with Crippen molar-refractivity contribution < 1.29 is 18.0 Å². The standard InChI is InChI=1S/C19H24ClF3N2OS/c1-4-25(5-2)10-6-7-12(3)24-18(26)17-16(20)14-9-8-13(19(21,22)23)11-15(14)27-17/h8-9,11-12H,4-7,10H2,1-3H3,(H,24,26). The van der Waals surface area contributed by atoms with Gasteiger partial charge >= 0.3 is 6.18 Å². The Labute approximate surface area is 166 Å². The average Bonchev–Trinajstić information content (AvgIpc) is 2.94. The molecule has 0 aliphatic rings. The highest BCUT2D eigenvalue weighted by molar-refractivity contribution is 7.21. The van der Waals surface area contributed by atoms with Gasteiger partial charge in [-0.2, -0.15) is 13.2 Å². The Morgan fingerprint density at radius 2 is 1.96 bits per heavy atom. The summed E-state index contributed by atoms with van der Waals surface area (Å²) in [6.07, 6.45) is -2.65. The first-order chi connectivity index (χ1) is 12.7. The van der Waals surface area contributed by atoms with E-state index in [0.29, 0.717) is 10.1 Å². The van der Waals surface area contributed by atoms with E-state index in [4.69, 9.17) is 11.6 Å². The van der Waals surface area contributed by atoms with Crippen molar-refractivity contribution in [3.05, 3.63) is 33.7 Å². The number of amides is 1. The fraction of sp³-hybridized carbons (Fsp3) is 0.526. The van der Waals surface area contributed by atoms with Gasteiger partial charge in [0.15, 0.2) is 0 Å². The maximum Gasteiger partial charge on any atom is 0.416 e. The average molecular weight is 421 g/mol. The number of halogens is 4. The van der Waals surface area contributed by atoms with E-state index in [1.165, 1.54) is 6.07 Å². The first kappa shape index (κ1) is 22.0. The Hall–Kier alpha value is -1.31. The summed E-state index contributed by atoms with van der Waals surface area (Å²) >= 11 is 7.24. The molecule has 3 nitrogen and oxygen atoms in total. The molecule has 2 rings (SSSR count). The Bertz CT molecular complexity index is 787. The second kappa shape index (κ2) is 9.26. The predicted octanol–water partition coefficient (Wildman–Crippen LogP) is 5.81. The Balaban J connectivity index is 2.05. The van der Waals surface area contributed by atoms with Crippen molar-refractivity contribution in [1.82, 2.24) is 10.2 Å². The second-order valence-electron chi connectivity index (χ2n) is 6.50. The van der Waals surface area contributed by atoms with Crippen LogP contribution in [0.4, 0.5) is 13.2 Å². The Morgan fingerprint density at radius 1 is 1.30 bits per heavy atom. The lowest BCUT2D eigenvalue weighted by atomic mass is 10.1. The smallest absolute Gasteiger partial charge is 0.349 e. The molecule has 1 atom stereocenters. The van der Waals surface area contributed by atoms with Crippen LogP contribution < -0.4 is 5.32 Å². The number of hydrogen-bond acceptors (Lipinski definition) is 3. The van der Waals surface area contributed by atoms with Crippen LogP contribution in [0, 0.1) is 0 Å². The van der Waals surface area contributed by atoms with Crippen molar-refractivity contribution in [1.29, 1.82) is 0 Å². The van der Waals surface area contributed by atoms with Gasteiger partial charge in [0, 0.05) is 16.1 Å². The fourth-order valence-corrected chi connectivity index (χ4v) is 4.37. The molecule has 1 unspecified atom stereocenters. The number of nitrogens with one attached hydrogen (secondary N) is 1. The van der Waals surface area contributed by atoms with Crippen molar-refractivity contribution in [3.63, 3.8) is 0 Å². The van der Waals surface area contributed by atoms with E-state index in [1.54, 1.807) is 0 Å². The number of carbonyl (C=O) groups excluding carboxylic acids is 1. The highest BCUT2D eigenvalue weighted by Gasteiger charge is 2.31. The molecule has 27 heavy (non-hydrogen) atoms. The molecule has 1 N–H and O–H groups in total. The van der Waals surface area contributed by atoms with E-state index in [9.17, 15) is 18.0 Å². The van der Waals surface area contributed by atoms with E-state index in [1.807, 2.05) is 6.92 Å². The molecule has 0 radical (unpaired) electrons. The quantitative estimate of drug-likeness (QED) is 0.584. The molecular formula is C19H24ClF3N2OS. The summed E-state index contributed by atoms with van der Waals surface area (Å²) in [5, 5.41) is 3.57. The molecule has 0 spiro atoms. The van der Waals surface area contributed by atoms with Crippen molar-refractivity contribution in [2.24, 2.45) is 0 Å². The lowest BCUT2D eigenvalue weighted by Gasteiger charge is -2.19. The summed E-state index contributed by atoms with van der Waals surface area (Å²) in [7, 11) is 0. The lowest BCUT2D eigenvalue weighted by Crippen LogP contribution is -2.33. The van der Waals surface area contributed by atoms with Gasteiger partial charge < -0.3 is 10.2 Å². The van der Waals surface area contributed by atoms with Crippen LogP contribution >= 0.6 is 22.9 Å². The highest BCUT2D eigenvalue weighted by atomic mass is 35.5. The van der Waals surface area contributed by atoms with Gasteiger partial charge in [-0.1, -0.05) is 31.5 Å². The molecule has 0 aliphatic carbocycles. The second-order valence-corrected chi connectivity index (χ2v) is 7.93. The third-order valence-electron chi connectivity index (χ3n) is 4.55. The molecule has 150 valence electrons. The van der Waals surface area contributed by atoms with Crippen LogP contribution in [0.25, 0.3) is 10.1 Å². The summed E-state index contributed by atoms with van der Waals surface area (Å²) in [6, 6.07) is 3.30. The minimum absolute atomic E-state index is 0.0416. The maximum atomic E-state index is 12.9. The van der Waals surface area contributed by atoms with Crippen LogP contribution in [0.5, 0.6) is 0 Å². The molecule has 2 aromatic rings. The van der Waals surface area contributed by atoms with Crippen molar-refractivity contribution in [3.8, 4) is 0 Å². The fourth-order valence-electron chi connectivity index (χ4n) is 2.91. The summed E-state index contributed by atoms with van der Waals surface area (Å²) in [4.78, 5) is 15.1. The zero-order valence-electron chi connectivity index (χ0n) is 15.6. The highest BCUT2D eigenvalue weighted by Crippen LogP contribution is 2.39. The molecular weight excluding hydrogens is 397 g/mol. The van der Waals surface area contributed by atoms with Crippen LogP contribution in [0.3, 0.4) is 0 Å². The number of fused-ring (bicyclic) bond motifs is 1. The van der Waals surface area contributed by atoms with E-state index in [-0.39, 0.29) is 21.8 Å². The third-order valence-corrected chi connectivity index (χ3v) is 6.20. The van der Waals surface area contributed by atoms with Crippen LogP contribution in [0.15, 0.2) is 18.2 Å². The monoisotopic (exact) mass is 420 g/mol. The zero-order valence-corrected chi connectivity index (χ0v) is 17.2. The Morgan fingerprint density at radius 3 is 2.56 bits per heavy atom. The predicted molar refractivity (Wildman–Crippen MR) is 106 cm³/mol. The summed E-state index contributed by atoms with van der Waals surface area (Å²) in [5.74, 6) is -0.343. The molecule has 0 fully saturated rings. The van der Waals surface area contributed by atoms with Gasteiger partial charge in [0.25, 0.3) is 5.91 Å². The molecule has 0 saturated heterocycles. The van der Waals surface area contributed by atoms with Gasteiger partial charge in [0.05, 0.1) is 10.6 Å². The van der Waals surface area contributed by atoms with Crippen molar-refractivity contribution in [2.75, 3.05) is 19.6 Å². The first-order valence-electron chi connectivity index (χ1n) is 8.99. The molecule has 1 heterocycles. The largest absolute Gasteiger partial charge is 0.416 e. The topological polar surface area (TPSA) is 32.3 Å². The van der Waals surface area contributed by atoms with E-state index >= 15 is 0 Å². The summed E-state index contributed by atoms with van der Waals surface area (Å²) < 4.78 is 39.0. The normalized spacial score (nSPS) is 13.3. The number of alkyl halides is 3. The zero-order chi connectivity index (χ0) is 20.2. The number of carbonyl (C=O) groups is 1. The number of rotatable bonds is 8. The van der Waals surface area contributed by atoms with Crippen LogP contribution in [0.2, 0.25) is 5.02 Å². The number of benzene rings is 1. The molecule has 1 aromatic carbocycles. The molecule has 8 heteroatoms. The number of nitrogens with zero attached hydrogens (tertiary/aromatic N) is 1. The maximum absolute atomic E-state index is 12.9. The Kier molecular flexibility index (Phi) is 7.54. The van der Waals surface area contributed by atoms with Gasteiger partial charge in [0.1, 0.15) is 4.88 Å². The molecule has 1 aromatic heterocycles.